The normalized spacial score (nSPS) is 15.2. The number of anilines is 2. The van der Waals surface area contributed by atoms with Crippen LogP contribution < -0.4 is 11.1 Å². The molecule has 1 amide bonds. The van der Waals surface area contributed by atoms with Crippen molar-refractivity contribution in [2.75, 3.05) is 30.0 Å². The number of carbonyl (C=O) groups is 1. The lowest BCUT2D eigenvalue weighted by molar-refractivity contribution is -0.115. The van der Waals surface area contributed by atoms with E-state index in [0.29, 0.717) is 28.1 Å². The lowest BCUT2D eigenvalue weighted by Crippen LogP contribution is -2.30. The van der Waals surface area contributed by atoms with E-state index in [1.54, 1.807) is 30.0 Å². The Bertz CT molecular complexity index is 438. The van der Waals surface area contributed by atoms with E-state index in [4.69, 9.17) is 22.1 Å². The molecule has 0 radical (unpaired) electrons. The summed E-state index contributed by atoms with van der Waals surface area (Å²) in [7, 11) is 0. The zero-order chi connectivity index (χ0) is 13.0. The number of hydrogen-bond donors (Lipinski definition) is 2. The van der Waals surface area contributed by atoms with Gasteiger partial charge in [-0.1, -0.05) is 11.6 Å². The van der Waals surface area contributed by atoms with Crippen molar-refractivity contribution in [3.63, 3.8) is 0 Å². The van der Waals surface area contributed by atoms with E-state index in [1.807, 2.05) is 0 Å². The van der Waals surface area contributed by atoms with Crippen LogP contribution in [0.25, 0.3) is 0 Å². The zero-order valence-corrected chi connectivity index (χ0v) is 11.4. The van der Waals surface area contributed by atoms with Gasteiger partial charge in [-0.2, -0.15) is 11.8 Å². The van der Waals surface area contributed by atoms with Gasteiger partial charge in [0.15, 0.2) is 0 Å². The number of halogens is 1. The summed E-state index contributed by atoms with van der Waals surface area (Å²) in [4.78, 5) is 11.7. The Kier molecular flexibility index (Phi) is 4.74. The monoisotopic (exact) mass is 286 g/mol. The zero-order valence-electron chi connectivity index (χ0n) is 9.82. The second-order valence-corrected chi connectivity index (χ2v) is 5.88. The van der Waals surface area contributed by atoms with Gasteiger partial charge in [-0.05, 0) is 18.2 Å². The number of nitrogen functional groups attached to an aromatic ring is 1. The van der Waals surface area contributed by atoms with Crippen LogP contribution in [0.15, 0.2) is 18.2 Å². The van der Waals surface area contributed by atoms with Crippen molar-refractivity contribution in [2.45, 2.75) is 11.7 Å². The Balaban J connectivity index is 1.73. The highest BCUT2D eigenvalue weighted by Crippen LogP contribution is 2.23. The summed E-state index contributed by atoms with van der Waals surface area (Å²) >= 11 is 7.58. The van der Waals surface area contributed by atoms with Crippen LogP contribution in [0.3, 0.4) is 0 Å². The van der Waals surface area contributed by atoms with E-state index in [-0.39, 0.29) is 5.91 Å². The molecule has 98 valence electrons. The third-order valence-corrected chi connectivity index (χ3v) is 4.10. The maximum atomic E-state index is 11.7. The molecule has 6 heteroatoms. The molecule has 0 saturated carbocycles. The molecule has 1 aliphatic rings. The molecular weight excluding hydrogens is 272 g/mol. The summed E-state index contributed by atoms with van der Waals surface area (Å²) in [5.74, 6) is 0.799. The minimum absolute atomic E-state index is 0.00976. The van der Waals surface area contributed by atoms with Crippen LogP contribution >= 0.6 is 23.4 Å². The summed E-state index contributed by atoms with van der Waals surface area (Å²) in [5, 5.41) is 3.85. The molecule has 1 fully saturated rings. The second-order valence-electron chi connectivity index (χ2n) is 4.06. The average Bonchev–Trinajstić information content (AvgIpc) is 2.27. The first kappa shape index (κ1) is 13.5. The first-order valence-electron chi connectivity index (χ1n) is 5.69. The smallest absolute Gasteiger partial charge is 0.225 e. The molecule has 1 aromatic rings. The maximum absolute atomic E-state index is 11.7. The van der Waals surface area contributed by atoms with Gasteiger partial charge in [-0.3, -0.25) is 4.79 Å². The Morgan fingerprint density at radius 2 is 2.33 bits per heavy atom. The van der Waals surface area contributed by atoms with Crippen LogP contribution in [0.5, 0.6) is 0 Å². The number of carbonyl (C=O) groups excluding carboxylic acids is 1. The van der Waals surface area contributed by atoms with Gasteiger partial charge in [0.2, 0.25) is 5.91 Å². The molecule has 1 aliphatic heterocycles. The SMILES string of the molecule is Nc1cc(NC(=O)CCSC2COC2)ccc1Cl. The number of hydrogen-bond acceptors (Lipinski definition) is 4. The molecule has 0 unspecified atom stereocenters. The van der Waals surface area contributed by atoms with Gasteiger partial charge in [-0.15, -0.1) is 0 Å². The molecule has 4 nitrogen and oxygen atoms in total. The molecule has 0 aliphatic carbocycles. The first-order chi connectivity index (χ1) is 8.65. The third kappa shape index (κ3) is 3.80. The summed E-state index contributed by atoms with van der Waals surface area (Å²) < 4.78 is 5.06. The lowest BCUT2D eigenvalue weighted by atomic mass is 10.2. The van der Waals surface area contributed by atoms with Gasteiger partial charge in [-0.25, -0.2) is 0 Å². The van der Waals surface area contributed by atoms with Crippen molar-refractivity contribution < 1.29 is 9.53 Å². The van der Waals surface area contributed by atoms with E-state index in [1.165, 1.54) is 0 Å². The first-order valence-corrected chi connectivity index (χ1v) is 7.12. The van der Waals surface area contributed by atoms with Crippen molar-refractivity contribution in [1.29, 1.82) is 0 Å². The Labute approximate surface area is 115 Å². The fourth-order valence-electron chi connectivity index (χ4n) is 1.47. The molecule has 1 aromatic carbocycles. The lowest BCUT2D eigenvalue weighted by Gasteiger charge is -2.24. The number of benzene rings is 1. The number of nitrogens with one attached hydrogen (secondary N) is 1. The predicted molar refractivity (Wildman–Crippen MR) is 76.2 cm³/mol. The number of thioether (sulfide) groups is 1. The molecule has 0 aromatic heterocycles. The molecule has 3 N–H and O–H groups in total. The van der Waals surface area contributed by atoms with Gasteiger partial charge >= 0.3 is 0 Å². The molecule has 18 heavy (non-hydrogen) atoms. The highest BCUT2D eigenvalue weighted by Gasteiger charge is 2.18. The van der Waals surface area contributed by atoms with Crippen LogP contribution in [-0.4, -0.2) is 30.1 Å². The van der Waals surface area contributed by atoms with Gasteiger partial charge in [0, 0.05) is 17.9 Å². The van der Waals surface area contributed by atoms with Gasteiger partial charge < -0.3 is 15.8 Å². The number of amides is 1. The molecule has 0 bridgehead atoms. The van der Waals surface area contributed by atoms with E-state index in [2.05, 4.69) is 5.32 Å². The van der Waals surface area contributed by atoms with Crippen molar-refractivity contribution >= 4 is 40.6 Å². The van der Waals surface area contributed by atoms with E-state index in [9.17, 15) is 4.79 Å². The van der Waals surface area contributed by atoms with Crippen LogP contribution in [0.4, 0.5) is 11.4 Å². The van der Waals surface area contributed by atoms with E-state index in [0.717, 1.165) is 19.0 Å². The molecule has 0 spiro atoms. The highest BCUT2D eigenvalue weighted by molar-refractivity contribution is 8.00. The van der Waals surface area contributed by atoms with Gasteiger partial charge in [0.05, 0.1) is 29.2 Å². The minimum atomic E-state index is -0.00976. The standard InChI is InChI=1S/C12H15ClN2O2S/c13-10-2-1-8(5-11(10)14)15-12(16)3-4-18-9-6-17-7-9/h1-2,5,9H,3-4,6-7,14H2,(H,15,16). The molecule has 2 rings (SSSR count). The fraction of sp³-hybridized carbons (Fsp3) is 0.417. The summed E-state index contributed by atoms with van der Waals surface area (Å²) in [6.45, 7) is 1.61. The molecule has 1 saturated heterocycles. The third-order valence-electron chi connectivity index (χ3n) is 2.57. The number of ether oxygens (including phenoxy) is 1. The number of rotatable bonds is 5. The topological polar surface area (TPSA) is 64.3 Å². The molecule has 1 heterocycles. The molecular formula is C12H15ClN2O2S. The van der Waals surface area contributed by atoms with Crippen molar-refractivity contribution in [3.8, 4) is 0 Å². The van der Waals surface area contributed by atoms with Crippen LogP contribution in [0.2, 0.25) is 5.02 Å². The second kappa shape index (κ2) is 6.31. The number of nitrogens with two attached hydrogens (primary N) is 1. The fourth-order valence-corrected chi connectivity index (χ4v) is 2.61. The van der Waals surface area contributed by atoms with Gasteiger partial charge in [0.1, 0.15) is 0 Å². The Morgan fingerprint density at radius 3 is 2.94 bits per heavy atom. The Morgan fingerprint density at radius 1 is 1.56 bits per heavy atom. The van der Waals surface area contributed by atoms with Crippen LogP contribution in [0.1, 0.15) is 6.42 Å². The van der Waals surface area contributed by atoms with Crippen molar-refractivity contribution in [2.24, 2.45) is 0 Å². The van der Waals surface area contributed by atoms with Crippen molar-refractivity contribution in [1.82, 2.24) is 0 Å². The Hall–Kier alpha value is -0.910. The van der Waals surface area contributed by atoms with Crippen LogP contribution in [-0.2, 0) is 9.53 Å². The van der Waals surface area contributed by atoms with E-state index < -0.39 is 0 Å². The summed E-state index contributed by atoms with van der Waals surface area (Å²) in [6.07, 6.45) is 0.490. The summed E-state index contributed by atoms with van der Waals surface area (Å²) in [6, 6.07) is 5.07. The largest absolute Gasteiger partial charge is 0.397 e. The maximum Gasteiger partial charge on any atom is 0.225 e. The summed E-state index contributed by atoms with van der Waals surface area (Å²) in [5.41, 5.74) is 6.81. The van der Waals surface area contributed by atoms with E-state index >= 15 is 0 Å². The quantitative estimate of drug-likeness (QED) is 0.816. The highest BCUT2D eigenvalue weighted by atomic mass is 35.5. The molecule has 0 atom stereocenters. The minimum Gasteiger partial charge on any atom is -0.397 e. The van der Waals surface area contributed by atoms with Crippen molar-refractivity contribution in [3.05, 3.63) is 23.2 Å². The average molecular weight is 287 g/mol. The van der Waals surface area contributed by atoms with Gasteiger partial charge in [0.25, 0.3) is 0 Å². The van der Waals surface area contributed by atoms with Crippen LogP contribution in [0, 0.1) is 0 Å². The predicted octanol–water partition coefficient (Wildman–Crippen LogP) is 2.38.